The van der Waals surface area contributed by atoms with Gasteiger partial charge in [0.1, 0.15) is 11.3 Å². The zero-order chi connectivity index (χ0) is 18.2. The first kappa shape index (κ1) is 17.3. The van der Waals surface area contributed by atoms with E-state index in [9.17, 15) is 9.59 Å². The van der Waals surface area contributed by atoms with Crippen LogP contribution in [0.4, 0.5) is 4.79 Å². The van der Waals surface area contributed by atoms with E-state index in [1.807, 2.05) is 45.0 Å². The van der Waals surface area contributed by atoms with Gasteiger partial charge in [0.25, 0.3) is 5.91 Å². The van der Waals surface area contributed by atoms with Gasteiger partial charge < -0.3 is 14.5 Å². The van der Waals surface area contributed by atoms with E-state index >= 15 is 0 Å². The van der Waals surface area contributed by atoms with Crippen LogP contribution in [0.1, 0.15) is 31.3 Å². The smallest absolute Gasteiger partial charge is 0.410 e. The van der Waals surface area contributed by atoms with Crippen molar-refractivity contribution >= 4 is 22.9 Å². The first-order valence-electron chi connectivity index (χ1n) is 8.45. The number of carbonyl (C=O) groups is 2. The van der Waals surface area contributed by atoms with Crippen LogP contribution in [0.25, 0.3) is 10.9 Å². The normalized spacial score (nSPS) is 15.5. The number of aryl methyl sites for hydroxylation is 1. The summed E-state index contributed by atoms with van der Waals surface area (Å²) in [6.45, 7) is 7.44. The maximum atomic E-state index is 12.9. The minimum atomic E-state index is -0.516. The molecule has 25 heavy (non-hydrogen) atoms. The van der Waals surface area contributed by atoms with Gasteiger partial charge in [-0.3, -0.25) is 9.48 Å². The van der Waals surface area contributed by atoms with E-state index in [0.717, 1.165) is 10.9 Å². The van der Waals surface area contributed by atoms with Crippen LogP contribution in [0.3, 0.4) is 0 Å². The Morgan fingerprint density at radius 3 is 2.28 bits per heavy atom. The third-order valence-corrected chi connectivity index (χ3v) is 4.16. The standard InChI is InChI=1S/C18H24N4O3/c1-18(2,3)25-17(24)22-11-9-21(10-12-22)16(23)15-13-7-5-6-8-14(13)19-20(15)4/h5-8H,9-12H2,1-4H3. The number of rotatable bonds is 1. The fraction of sp³-hybridized carbons (Fsp3) is 0.500. The lowest BCUT2D eigenvalue weighted by Gasteiger charge is -2.35. The molecule has 134 valence electrons. The van der Waals surface area contributed by atoms with E-state index in [2.05, 4.69) is 5.10 Å². The van der Waals surface area contributed by atoms with Gasteiger partial charge in [-0.05, 0) is 26.8 Å². The number of piperazine rings is 1. The molecule has 0 N–H and O–H groups in total. The first-order chi connectivity index (χ1) is 11.8. The predicted molar refractivity (Wildman–Crippen MR) is 94.4 cm³/mol. The quantitative estimate of drug-likeness (QED) is 0.796. The largest absolute Gasteiger partial charge is 0.444 e. The monoisotopic (exact) mass is 344 g/mol. The number of hydrogen-bond acceptors (Lipinski definition) is 4. The summed E-state index contributed by atoms with van der Waals surface area (Å²) in [6, 6.07) is 7.61. The molecule has 0 unspecified atom stereocenters. The van der Waals surface area contributed by atoms with E-state index in [0.29, 0.717) is 31.9 Å². The van der Waals surface area contributed by atoms with Crippen molar-refractivity contribution < 1.29 is 14.3 Å². The molecular formula is C18H24N4O3. The molecule has 0 saturated carbocycles. The van der Waals surface area contributed by atoms with Crippen molar-refractivity contribution in [3.05, 3.63) is 30.0 Å². The Labute approximate surface area is 147 Å². The Morgan fingerprint density at radius 2 is 1.64 bits per heavy atom. The highest BCUT2D eigenvalue weighted by Gasteiger charge is 2.29. The van der Waals surface area contributed by atoms with E-state index in [4.69, 9.17) is 4.74 Å². The van der Waals surface area contributed by atoms with E-state index in [-0.39, 0.29) is 12.0 Å². The molecular weight excluding hydrogens is 320 g/mol. The SMILES string of the molecule is Cn1nc2ccccc2c1C(=O)N1CCN(C(=O)OC(C)(C)C)CC1. The maximum absolute atomic E-state index is 12.9. The number of ether oxygens (including phenoxy) is 1. The van der Waals surface area contributed by atoms with Crippen LogP contribution in [0, 0.1) is 0 Å². The molecule has 2 aromatic rings. The van der Waals surface area contributed by atoms with Gasteiger partial charge in [-0.1, -0.05) is 18.2 Å². The molecule has 1 aromatic carbocycles. The lowest BCUT2D eigenvalue weighted by Crippen LogP contribution is -2.51. The van der Waals surface area contributed by atoms with Crippen LogP contribution in [0.15, 0.2) is 24.3 Å². The third kappa shape index (κ3) is 3.60. The third-order valence-electron chi connectivity index (χ3n) is 4.16. The molecule has 1 fully saturated rings. The van der Waals surface area contributed by atoms with Crippen LogP contribution in [-0.2, 0) is 11.8 Å². The van der Waals surface area contributed by atoms with Gasteiger partial charge in [-0.15, -0.1) is 0 Å². The molecule has 7 nitrogen and oxygen atoms in total. The summed E-state index contributed by atoms with van der Waals surface area (Å²) in [5.74, 6) is -0.0555. The number of carbonyl (C=O) groups excluding carboxylic acids is 2. The maximum Gasteiger partial charge on any atom is 0.410 e. The zero-order valence-corrected chi connectivity index (χ0v) is 15.2. The molecule has 0 spiro atoms. The van der Waals surface area contributed by atoms with Crippen molar-refractivity contribution in [2.24, 2.45) is 7.05 Å². The Morgan fingerprint density at radius 1 is 1.04 bits per heavy atom. The van der Waals surface area contributed by atoms with Gasteiger partial charge in [0, 0.05) is 38.6 Å². The number of fused-ring (bicyclic) bond motifs is 1. The molecule has 0 atom stereocenters. The Kier molecular flexibility index (Phi) is 4.41. The average Bonchev–Trinajstić information content (AvgIpc) is 2.88. The van der Waals surface area contributed by atoms with Gasteiger partial charge in [0.05, 0.1) is 5.52 Å². The van der Waals surface area contributed by atoms with Crippen LogP contribution < -0.4 is 0 Å². The van der Waals surface area contributed by atoms with Gasteiger partial charge in [0.2, 0.25) is 0 Å². The molecule has 3 rings (SSSR count). The average molecular weight is 344 g/mol. The Bertz CT molecular complexity index is 798. The van der Waals surface area contributed by atoms with E-state index < -0.39 is 5.60 Å². The van der Waals surface area contributed by atoms with Crippen LogP contribution in [0.2, 0.25) is 0 Å². The molecule has 0 radical (unpaired) electrons. The summed E-state index contributed by atoms with van der Waals surface area (Å²) in [5, 5.41) is 5.25. The lowest BCUT2D eigenvalue weighted by molar-refractivity contribution is 0.0139. The molecule has 1 saturated heterocycles. The second kappa shape index (κ2) is 6.38. The Hall–Kier alpha value is -2.57. The van der Waals surface area contributed by atoms with Crippen LogP contribution >= 0.6 is 0 Å². The minimum Gasteiger partial charge on any atom is -0.444 e. The van der Waals surface area contributed by atoms with Crippen molar-refractivity contribution in [2.75, 3.05) is 26.2 Å². The number of aromatic nitrogens is 2. The molecule has 7 heteroatoms. The Balaban J connectivity index is 1.69. The predicted octanol–water partition coefficient (Wildman–Crippen LogP) is 2.27. The van der Waals surface area contributed by atoms with Crippen molar-refractivity contribution in [1.82, 2.24) is 19.6 Å². The summed E-state index contributed by atoms with van der Waals surface area (Å²) in [5.41, 5.74) is 0.875. The van der Waals surface area contributed by atoms with Crippen LogP contribution in [-0.4, -0.2) is 63.4 Å². The molecule has 1 aliphatic rings. The number of benzene rings is 1. The van der Waals surface area contributed by atoms with E-state index in [1.165, 1.54) is 0 Å². The first-order valence-corrected chi connectivity index (χ1v) is 8.45. The fourth-order valence-corrected chi connectivity index (χ4v) is 2.97. The second-order valence-corrected chi connectivity index (χ2v) is 7.25. The lowest BCUT2D eigenvalue weighted by atomic mass is 10.2. The highest BCUT2D eigenvalue weighted by molar-refractivity contribution is 6.05. The molecule has 1 aliphatic heterocycles. The summed E-state index contributed by atoms with van der Waals surface area (Å²) < 4.78 is 7.02. The van der Waals surface area contributed by atoms with Crippen molar-refractivity contribution in [2.45, 2.75) is 26.4 Å². The molecule has 2 heterocycles. The number of amides is 2. The number of nitrogens with zero attached hydrogens (tertiary/aromatic N) is 4. The van der Waals surface area contributed by atoms with Gasteiger partial charge >= 0.3 is 6.09 Å². The van der Waals surface area contributed by atoms with Gasteiger partial charge in [0.15, 0.2) is 0 Å². The zero-order valence-electron chi connectivity index (χ0n) is 15.2. The topological polar surface area (TPSA) is 67.7 Å². The summed E-state index contributed by atoms with van der Waals surface area (Å²) in [6.07, 6.45) is -0.328. The summed E-state index contributed by atoms with van der Waals surface area (Å²) >= 11 is 0. The van der Waals surface area contributed by atoms with Crippen molar-refractivity contribution in [3.63, 3.8) is 0 Å². The highest BCUT2D eigenvalue weighted by atomic mass is 16.6. The summed E-state index contributed by atoms with van der Waals surface area (Å²) in [4.78, 5) is 28.5. The van der Waals surface area contributed by atoms with Gasteiger partial charge in [-0.2, -0.15) is 5.10 Å². The molecule has 0 aliphatic carbocycles. The molecule has 2 amide bonds. The summed E-state index contributed by atoms with van der Waals surface area (Å²) in [7, 11) is 1.78. The van der Waals surface area contributed by atoms with Gasteiger partial charge in [-0.25, -0.2) is 4.79 Å². The number of hydrogen-bond donors (Lipinski definition) is 0. The van der Waals surface area contributed by atoms with Crippen molar-refractivity contribution in [1.29, 1.82) is 0 Å². The second-order valence-electron chi connectivity index (χ2n) is 7.25. The molecule has 1 aromatic heterocycles. The fourth-order valence-electron chi connectivity index (χ4n) is 2.97. The van der Waals surface area contributed by atoms with Crippen LogP contribution in [0.5, 0.6) is 0 Å². The molecule has 0 bridgehead atoms. The minimum absolute atomic E-state index is 0.0555. The highest BCUT2D eigenvalue weighted by Crippen LogP contribution is 2.20. The van der Waals surface area contributed by atoms with E-state index in [1.54, 1.807) is 21.5 Å². The van der Waals surface area contributed by atoms with Crippen molar-refractivity contribution in [3.8, 4) is 0 Å².